The summed E-state index contributed by atoms with van der Waals surface area (Å²) in [6.07, 6.45) is -3.90. The lowest BCUT2D eigenvalue weighted by Gasteiger charge is -2.25. The van der Waals surface area contributed by atoms with Crippen molar-refractivity contribution >= 4 is 17.7 Å². The van der Waals surface area contributed by atoms with Gasteiger partial charge in [-0.2, -0.15) is 18.3 Å². The highest BCUT2D eigenvalue weighted by Gasteiger charge is 2.42. The lowest BCUT2D eigenvalue weighted by atomic mass is 9.89. The maximum atomic E-state index is 13.6. The van der Waals surface area contributed by atoms with Crippen LogP contribution in [0.15, 0.2) is 5.10 Å². The van der Waals surface area contributed by atoms with Crippen LogP contribution in [0.5, 0.6) is 0 Å². The van der Waals surface area contributed by atoms with Crippen LogP contribution in [0.25, 0.3) is 0 Å². The summed E-state index contributed by atoms with van der Waals surface area (Å²) in [7, 11) is 1.48. The number of esters is 2. The fraction of sp³-hybridized carbons (Fsp3) is 0.833. The van der Waals surface area contributed by atoms with Crippen molar-refractivity contribution in [1.29, 1.82) is 0 Å². The lowest BCUT2D eigenvalue weighted by Crippen LogP contribution is -2.38. The van der Waals surface area contributed by atoms with Crippen LogP contribution < -0.4 is 0 Å². The third-order valence-electron chi connectivity index (χ3n) is 4.45. The average molecular weight is 410 g/mol. The van der Waals surface area contributed by atoms with Gasteiger partial charge in [0.25, 0.3) is 0 Å². The van der Waals surface area contributed by atoms with Gasteiger partial charge >= 0.3 is 18.1 Å². The van der Waals surface area contributed by atoms with Crippen LogP contribution in [-0.4, -0.2) is 68.4 Å². The van der Waals surface area contributed by atoms with Crippen molar-refractivity contribution in [2.45, 2.75) is 52.3 Å². The predicted molar refractivity (Wildman–Crippen MR) is 95.6 cm³/mol. The highest BCUT2D eigenvalue weighted by atomic mass is 19.4. The third-order valence-corrected chi connectivity index (χ3v) is 4.45. The summed E-state index contributed by atoms with van der Waals surface area (Å²) in [5, 5.41) is 5.20. The fourth-order valence-corrected chi connectivity index (χ4v) is 3.13. The number of carbonyl (C=O) groups excluding carboxylic acids is 2. The number of hydrazone groups is 1. The van der Waals surface area contributed by atoms with E-state index < -0.39 is 42.1 Å². The highest BCUT2D eigenvalue weighted by molar-refractivity contribution is 5.97. The molecule has 0 aliphatic carbocycles. The van der Waals surface area contributed by atoms with Gasteiger partial charge < -0.3 is 14.2 Å². The largest absolute Gasteiger partial charge is 0.465 e. The van der Waals surface area contributed by atoms with E-state index in [1.807, 2.05) is 0 Å². The molecule has 10 heteroatoms. The lowest BCUT2D eigenvalue weighted by molar-refractivity contribution is -0.164. The molecule has 0 aromatic rings. The molecule has 1 fully saturated rings. The molecule has 0 aromatic carbocycles. The number of rotatable bonds is 10. The van der Waals surface area contributed by atoms with Gasteiger partial charge in [-0.25, -0.2) is 0 Å². The number of hydrogen-bond acceptors (Lipinski definition) is 7. The zero-order valence-electron chi connectivity index (χ0n) is 16.8. The number of ether oxygens (including phenoxy) is 3. The van der Waals surface area contributed by atoms with Gasteiger partial charge in [0.05, 0.1) is 25.9 Å². The van der Waals surface area contributed by atoms with E-state index in [2.05, 4.69) is 5.10 Å². The molecular weight excluding hydrogens is 381 g/mol. The Balaban J connectivity index is 3.06. The molecule has 28 heavy (non-hydrogen) atoms. The minimum Gasteiger partial charge on any atom is -0.465 e. The smallest absolute Gasteiger partial charge is 0.431 e. The first-order chi connectivity index (χ1) is 13.1. The van der Waals surface area contributed by atoms with E-state index in [1.54, 1.807) is 13.8 Å². The van der Waals surface area contributed by atoms with E-state index in [-0.39, 0.29) is 25.9 Å². The quantitative estimate of drug-likeness (QED) is 0.313. The summed E-state index contributed by atoms with van der Waals surface area (Å²) in [5.41, 5.74) is -1.04. The second kappa shape index (κ2) is 11.2. The highest BCUT2D eigenvalue weighted by Crippen LogP contribution is 2.29. The van der Waals surface area contributed by atoms with Crippen molar-refractivity contribution in [3.63, 3.8) is 0 Å². The first-order valence-corrected chi connectivity index (χ1v) is 9.39. The van der Waals surface area contributed by atoms with E-state index in [1.165, 1.54) is 19.0 Å². The number of hydrogen-bond donors (Lipinski definition) is 0. The Morgan fingerprint density at radius 3 is 2.21 bits per heavy atom. The zero-order valence-corrected chi connectivity index (χ0v) is 16.8. The normalized spacial score (nSPS) is 19.1. The van der Waals surface area contributed by atoms with Crippen LogP contribution in [0.3, 0.4) is 0 Å². The van der Waals surface area contributed by atoms with Crippen LogP contribution in [0.2, 0.25) is 0 Å². The van der Waals surface area contributed by atoms with E-state index in [9.17, 15) is 22.8 Å². The Kier molecular flexibility index (Phi) is 9.71. The number of nitrogens with zero attached hydrogens (tertiary/aromatic N) is 2. The molecule has 7 nitrogen and oxygen atoms in total. The van der Waals surface area contributed by atoms with Gasteiger partial charge in [0.2, 0.25) is 0 Å². The second-order valence-electron chi connectivity index (χ2n) is 6.62. The first kappa shape index (κ1) is 24.2. The molecule has 1 saturated heterocycles. The van der Waals surface area contributed by atoms with Crippen molar-refractivity contribution in [2.75, 3.05) is 33.5 Å². The molecule has 0 saturated carbocycles. The number of alkyl halides is 3. The molecule has 1 aliphatic heterocycles. The van der Waals surface area contributed by atoms with Crippen LogP contribution in [0, 0.1) is 11.8 Å². The van der Waals surface area contributed by atoms with Crippen molar-refractivity contribution in [3.8, 4) is 0 Å². The summed E-state index contributed by atoms with van der Waals surface area (Å²) in [5.74, 6) is -4.23. The van der Waals surface area contributed by atoms with Crippen molar-refractivity contribution < 1.29 is 37.0 Å². The van der Waals surface area contributed by atoms with Crippen LogP contribution in [0.1, 0.15) is 40.0 Å². The minimum absolute atomic E-state index is 0.00809. The van der Waals surface area contributed by atoms with Crippen molar-refractivity contribution in [3.05, 3.63) is 0 Å². The standard InChI is InChI=1S/C18H29F3N2O5/c1-5-27-16(24)15(17(25)28-6-2)12(3)10-14(18(19,20)21)22-23-9-7-8-13(23)11-26-4/h12-13,15H,5-11H2,1-4H3/b22-14-/t12-,13+/m1/s1. The summed E-state index contributed by atoms with van der Waals surface area (Å²) < 4.78 is 55.5. The number of methoxy groups -OCH3 is 1. The van der Waals surface area contributed by atoms with Crippen molar-refractivity contribution in [1.82, 2.24) is 5.01 Å². The zero-order chi connectivity index (χ0) is 21.3. The molecule has 0 bridgehead atoms. The molecule has 0 amide bonds. The van der Waals surface area contributed by atoms with E-state index in [0.29, 0.717) is 19.4 Å². The Morgan fingerprint density at radius 1 is 1.18 bits per heavy atom. The Hall–Kier alpha value is -1.84. The summed E-state index contributed by atoms with van der Waals surface area (Å²) in [6, 6.07) is -0.233. The molecule has 0 unspecified atom stereocenters. The summed E-state index contributed by atoms with van der Waals surface area (Å²) in [6.45, 7) is 5.17. The third kappa shape index (κ3) is 6.96. The van der Waals surface area contributed by atoms with Crippen LogP contribution in [-0.2, 0) is 23.8 Å². The van der Waals surface area contributed by atoms with Gasteiger partial charge in [-0.05, 0) is 32.6 Å². The molecule has 162 valence electrons. The Morgan fingerprint density at radius 2 is 1.75 bits per heavy atom. The monoisotopic (exact) mass is 410 g/mol. The average Bonchev–Trinajstić information content (AvgIpc) is 3.01. The van der Waals surface area contributed by atoms with E-state index in [0.717, 1.165) is 0 Å². The number of halogens is 3. The van der Waals surface area contributed by atoms with Crippen LogP contribution >= 0.6 is 0 Å². The maximum absolute atomic E-state index is 13.6. The minimum atomic E-state index is -4.69. The van der Waals surface area contributed by atoms with Gasteiger partial charge in [-0.1, -0.05) is 6.92 Å². The SMILES string of the molecule is CCOC(=O)C(C(=O)OCC)[C@H](C)C/C(=N/N1CCC[C@H]1COC)C(F)(F)F. The van der Waals surface area contributed by atoms with Gasteiger partial charge in [-0.3, -0.25) is 14.6 Å². The molecule has 0 aromatic heterocycles. The molecule has 0 N–H and O–H groups in total. The first-order valence-electron chi connectivity index (χ1n) is 9.39. The molecule has 1 heterocycles. The Bertz CT molecular complexity index is 536. The van der Waals surface area contributed by atoms with E-state index in [4.69, 9.17) is 14.2 Å². The summed E-state index contributed by atoms with van der Waals surface area (Å²) >= 11 is 0. The Labute approximate surface area is 163 Å². The molecule has 1 rings (SSSR count). The van der Waals surface area contributed by atoms with Gasteiger partial charge in [0.15, 0.2) is 5.92 Å². The fourth-order valence-electron chi connectivity index (χ4n) is 3.13. The van der Waals surface area contributed by atoms with Gasteiger partial charge in [0, 0.05) is 20.1 Å². The summed E-state index contributed by atoms with van der Waals surface area (Å²) in [4.78, 5) is 24.3. The van der Waals surface area contributed by atoms with E-state index >= 15 is 0 Å². The predicted octanol–water partition coefficient (Wildman–Crippen LogP) is 2.78. The van der Waals surface area contributed by atoms with Crippen LogP contribution in [0.4, 0.5) is 13.2 Å². The topological polar surface area (TPSA) is 77.4 Å². The number of carbonyl (C=O) groups is 2. The molecule has 0 spiro atoms. The van der Waals surface area contributed by atoms with Crippen molar-refractivity contribution in [2.24, 2.45) is 16.9 Å². The molecule has 1 aliphatic rings. The second-order valence-corrected chi connectivity index (χ2v) is 6.62. The van der Waals surface area contributed by atoms with Gasteiger partial charge in [0.1, 0.15) is 5.71 Å². The molecule has 2 atom stereocenters. The molecule has 0 radical (unpaired) electrons. The maximum Gasteiger partial charge on any atom is 0.431 e. The molecular formula is C18H29F3N2O5. The van der Waals surface area contributed by atoms with Gasteiger partial charge in [-0.15, -0.1) is 0 Å².